The van der Waals surface area contributed by atoms with E-state index in [-0.39, 0.29) is 5.41 Å². The van der Waals surface area contributed by atoms with Crippen molar-refractivity contribution in [3.05, 3.63) is 65.2 Å². The van der Waals surface area contributed by atoms with Crippen LogP contribution in [0.1, 0.15) is 37.0 Å². The largest absolute Gasteiger partial charge is 0.380 e. The molecule has 0 aliphatic heterocycles. The van der Waals surface area contributed by atoms with E-state index in [4.69, 9.17) is 8.37 Å². The van der Waals surface area contributed by atoms with E-state index in [1.165, 1.54) is 11.1 Å². The predicted molar refractivity (Wildman–Crippen MR) is 94.7 cm³/mol. The molecule has 0 fully saturated rings. The zero-order chi connectivity index (χ0) is 16.9. The molecule has 0 bridgehead atoms. The second kappa shape index (κ2) is 7.75. The second-order valence-corrected chi connectivity index (χ2v) is 7.18. The predicted octanol–water partition coefficient (Wildman–Crippen LogP) is 4.65. The average molecular weight is 332 g/mol. The third kappa shape index (κ3) is 5.19. The lowest BCUT2D eigenvalue weighted by Gasteiger charge is -2.26. The maximum Gasteiger partial charge on any atom is 0.360 e. The molecule has 0 aliphatic carbocycles. The monoisotopic (exact) mass is 332 g/mol. The highest BCUT2D eigenvalue weighted by Gasteiger charge is 2.22. The summed E-state index contributed by atoms with van der Waals surface area (Å²) in [4.78, 5) is 0. The normalized spacial score (nSPS) is 12.9. The first-order valence-corrected chi connectivity index (χ1v) is 8.75. The zero-order valence-corrected chi connectivity index (χ0v) is 15.0. The SMILES string of the molecule is Cc1ccc(OS(=O)OCCC(C)(C)c2ccccc2C)cc1. The first kappa shape index (κ1) is 17.7. The zero-order valence-electron chi connectivity index (χ0n) is 14.2. The minimum Gasteiger partial charge on any atom is -0.380 e. The van der Waals surface area contributed by atoms with E-state index in [9.17, 15) is 4.21 Å². The van der Waals surface area contributed by atoms with E-state index in [1.54, 1.807) is 12.1 Å². The van der Waals surface area contributed by atoms with E-state index < -0.39 is 11.4 Å². The van der Waals surface area contributed by atoms with Gasteiger partial charge in [-0.15, -0.1) is 0 Å². The Labute approximate surface area is 141 Å². The highest BCUT2D eigenvalue weighted by molar-refractivity contribution is 7.75. The molecule has 23 heavy (non-hydrogen) atoms. The van der Waals surface area contributed by atoms with Crippen LogP contribution in [0.5, 0.6) is 5.75 Å². The van der Waals surface area contributed by atoms with Gasteiger partial charge in [-0.2, -0.15) is 4.21 Å². The summed E-state index contributed by atoms with van der Waals surface area (Å²) in [6, 6.07) is 15.7. The second-order valence-electron chi connectivity index (χ2n) is 6.37. The number of benzene rings is 2. The highest BCUT2D eigenvalue weighted by Crippen LogP contribution is 2.29. The van der Waals surface area contributed by atoms with Crippen molar-refractivity contribution in [3.63, 3.8) is 0 Å². The summed E-state index contributed by atoms with van der Waals surface area (Å²) in [5.74, 6) is 0.548. The van der Waals surface area contributed by atoms with Crippen LogP contribution in [0.25, 0.3) is 0 Å². The molecule has 124 valence electrons. The molecule has 0 aromatic heterocycles. The summed E-state index contributed by atoms with van der Waals surface area (Å²) in [7, 11) is 0. The fraction of sp³-hybridized carbons (Fsp3) is 0.368. The lowest BCUT2D eigenvalue weighted by atomic mass is 9.80. The molecule has 1 atom stereocenters. The molecule has 1 unspecified atom stereocenters. The Morgan fingerprint density at radius 3 is 2.30 bits per heavy atom. The summed E-state index contributed by atoms with van der Waals surface area (Å²) in [5.41, 5.74) is 3.63. The van der Waals surface area contributed by atoms with Gasteiger partial charge in [0.05, 0.1) is 6.61 Å². The summed E-state index contributed by atoms with van der Waals surface area (Å²) in [6.07, 6.45) is 0.765. The molecule has 0 saturated carbocycles. The molecule has 3 nitrogen and oxygen atoms in total. The van der Waals surface area contributed by atoms with Gasteiger partial charge in [0.25, 0.3) is 0 Å². The van der Waals surface area contributed by atoms with Crippen molar-refractivity contribution in [2.75, 3.05) is 6.61 Å². The summed E-state index contributed by atoms with van der Waals surface area (Å²) in [6.45, 7) is 8.81. The Kier molecular flexibility index (Phi) is 5.97. The Balaban J connectivity index is 1.85. The molecule has 4 heteroatoms. The molecule has 0 N–H and O–H groups in total. The van der Waals surface area contributed by atoms with E-state index >= 15 is 0 Å². The lowest BCUT2D eigenvalue weighted by Crippen LogP contribution is -2.21. The van der Waals surface area contributed by atoms with E-state index in [1.807, 2.05) is 31.2 Å². The standard InChI is InChI=1S/C19H24O3S/c1-15-9-11-17(12-10-15)22-23(20)21-14-13-19(3,4)18-8-6-5-7-16(18)2/h5-12H,13-14H2,1-4H3. The van der Waals surface area contributed by atoms with Crippen molar-refractivity contribution in [1.29, 1.82) is 0 Å². The Bertz CT molecular complexity index is 663. The molecule has 2 aromatic carbocycles. The van der Waals surface area contributed by atoms with Crippen LogP contribution in [-0.2, 0) is 21.0 Å². The van der Waals surface area contributed by atoms with Crippen LogP contribution in [0.15, 0.2) is 48.5 Å². The quantitative estimate of drug-likeness (QED) is 0.740. The Morgan fingerprint density at radius 1 is 1.00 bits per heavy atom. The highest BCUT2D eigenvalue weighted by atomic mass is 32.2. The van der Waals surface area contributed by atoms with Crippen LogP contribution >= 0.6 is 0 Å². The third-order valence-corrected chi connectivity index (χ3v) is 4.65. The van der Waals surface area contributed by atoms with E-state index in [0.29, 0.717) is 12.4 Å². The minimum atomic E-state index is -1.77. The molecule has 0 radical (unpaired) electrons. The molecule has 2 rings (SSSR count). The molecular formula is C19H24O3S. The molecule has 0 heterocycles. The Hall–Kier alpha value is -1.65. The van der Waals surface area contributed by atoms with Crippen LogP contribution in [0.4, 0.5) is 0 Å². The van der Waals surface area contributed by atoms with Gasteiger partial charge in [0.1, 0.15) is 5.75 Å². The van der Waals surface area contributed by atoms with Gasteiger partial charge in [-0.1, -0.05) is 55.8 Å². The van der Waals surface area contributed by atoms with Crippen molar-refractivity contribution >= 4 is 11.4 Å². The summed E-state index contributed by atoms with van der Waals surface area (Å²) in [5, 5.41) is 0. The van der Waals surface area contributed by atoms with Gasteiger partial charge < -0.3 is 4.18 Å². The van der Waals surface area contributed by atoms with Crippen LogP contribution in [0.2, 0.25) is 0 Å². The van der Waals surface area contributed by atoms with E-state index in [2.05, 4.69) is 32.9 Å². The maximum atomic E-state index is 11.9. The molecule has 0 spiro atoms. The van der Waals surface area contributed by atoms with E-state index in [0.717, 1.165) is 12.0 Å². The minimum absolute atomic E-state index is 0.0423. The smallest absolute Gasteiger partial charge is 0.360 e. The third-order valence-electron chi connectivity index (χ3n) is 3.97. The Morgan fingerprint density at radius 2 is 1.65 bits per heavy atom. The van der Waals surface area contributed by atoms with Crippen LogP contribution in [-0.4, -0.2) is 10.8 Å². The average Bonchev–Trinajstić information content (AvgIpc) is 2.49. The number of hydrogen-bond acceptors (Lipinski definition) is 3. The maximum absolute atomic E-state index is 11.9. The van der Waals surface area contributed by atoms with Crippen molar-refractivity contribution in [2.45, 2.75) is 39.5 Å². The fourth-order valence-corrected chi connectivity index (χ4v) is 3.06. The van der Waals surface area contributed by atoms with Gasteiger partial charge in [-0.25, -0.2) is 0 Å². The van der Waals surface area contributed by atoms with Crippen molar-refractivity contribution in [2.24, 2.45) is 0 Å². The van der Waals surface area contributed by atoms with Gasteiger partial charge in [-0.05, 0) is 48.9 Å². The number of rotatable bonds is 7. The van der Waals surface area contributed by atoms with Gasteiger partial charge in [0.2, 0.25) is 0 Å². The van der Waals surface area contributed by atoms with Crippen LogP contribution in [0.3, 0.4) is 0 Å². The first-order valence-electron chi connectivity index (χ1n) is 7.75. The number of hydrogen-bond donors (Lipinski definition) is 0. The van der Waals surface area contributed by atoms with Crippen LogP contribution in [0, 0.1) is 13.8 Å². The number of aryl methyl sites for hydroxylation is 2. The molecular weight excluding hydrogens is 308 g/mol. The topological polar surface area (TPSA) is 35.5 Å². The van der Waals surface area contributed by atoms with Gasteiger partial charge in [0, 0.05) is 0 Å². The van der Waals surface area contributed by atoms with Crippen molar-refractivity contribution in [3.8, 4) is 5.75 Å². The molecule has 2 aromatic rings. The van der Waals surface area contributed by atoms with Crippen molar-refractivity contribution in [1.82, 2.24) is 0 Å². The summed E-state index contributed by atoms with van der Waals surface area (Å²) >= 11 is -1.77. The molecule has 0 aliphatic rings. The van der Waals surface area contributed by atoms with Gasteiger partial charge >= 0.3 is 11.4 Å². The molecule has 0 amide bonds. The molecule has 0 saturated heterocycles. The summed E-state index contributed by atoms with van der Waals surface area (Å²) < 4.78 is 22.4. The van der Waals surface area contributed by atoms with Gasteiger partial charge in [-0.3, -0.25) is 4.18 Å². The lowest BCUT2D eigenvalue weighted by molar-refractivity contribution is 0.272. The van der Waals surface area contributed by atoms with Crippen LogP contribution < -0.4 is 4.18 Å². The van der Waals surface area contributed by atoms with Crippen molar-refractivity contribution < 1.29 is 12.6 Å². The van der Waals surface area contributed by atoms with Gasteiger partial charge in [0.15, 0.2) is 0 Å². The first-order chi connectivity index (χ1) is 10.9. The fourth-order valence-electron chi connectivity index (χ4n) is 2.53.